The molecule has 33 heavy (non-hydrogen) atoms. The zero-order chi connectivity index (χ0) is 22.6. The van der Waals surface area contributed by atoms with Crippen molar-refractivity contribution in [3.63, 3.8) is 0 Å². The second-order valence-corrected chi connectivity index (χ2v) is 7.30. The fraction of sp³-hybridized carbons (Fsp3) is 0.0833. The first-order chi connectivity index (χ1) is 16.2. The molecule has 1 amide bonds. The molecule has 0 aliphatic rings. The maximum atomic E-state index is 13.0. The second-order valence-electron chi connectivity index (χ2n) is 7.30. The number of nitrogens with one attached hydrogen (secondary N) is 2. The van der Waals surface area contributed by atoms with Crippen molar-refractivity contribution in [2.24, 2.45) is 0 Å². The molecule has 0 spiro atoms. The summed E-state index contributed by atoms with van der Waals surface area (Å²) in [4.78, 5) is 21.9. The topological polar surface area (TPSA) is 98.4 Å². The van der Waals surface area contributed by atoms with Crippen LogP contribution in [0.25, 0.3) is 5.65 Å². The van der Waals surface area contributed by atoms with E-state index in [-0.39, 0.29) is 5.91 Å². The first-order valence-electron chi connectivity index (χ1n) is 10.3. The predicted octanol–water partition coefficient (Wildman–Crippen LogP) is 3.98. The van der Waals surface area contributed by atoms with Gasteiger partial charge in [-0.1, -0.05) is 18.2 Å². The van der Waals surface area contributed by atoms with Gasteiger partial charge in [-0.3, -0.25) is 9.48 Å². The van der Waals surface area contributed by atoms with Crippen molar-refractivity contribution < 1.29 is 9.53 Å². The third kappa shape index (κ3) is 4.38. The molecule has 2 N–H and O–H groups in total. The van der Waals surface area contributed by atoms with E-state index in [9.17, 15) is 4.79 Å². The summed E-state index contributed by atoms with van der Waals surface area (Å²) in [5.74, 6) is 0.784. The highest BCUT2D eigenvalue weighted by Crippen LogP contribution is 2.27. The van der Waals surface area contributed by atoms with E-state index in [0.717, 1.165) is 11.3 Å². The van der Waals surface area contributed by atoms with Gasteiger partial charge in [0.2, 0.25) is 0 Å². The molecule has 0 radical (unpaired) electrons. The van der Waals surface area contributed by atoms with Crippen molar-refractivity contribution in [1.29, 1.82) is 0 Å². The maximum Gasteiger partial charge on any atom is 0.259 e. The highest BCUT2D eigenvalue weighted by molar-refractivity contribution is 6.07. The largest absolute Gasteiger partial charge is 0.495 e. The zero-order valence-corrected chi connectivity index (χ0v) is 17.8. The molecule has 5 rings (SSSR count). The summed E-state index contributed by atoms with van der Waals surface area (Å²) in [5.41, 5.74) is 3.44. The molecule has 9 nitrogen and oxygen atoms in total. The van der Waals surface area contributed by atoms with E-state index in [0.29, 0.717) is 35.1 Å². The molecule has 0 fully saturated rings. The molecule has 164 valence electrons. The van der Waals surface area contributed by atoms with Crippen LogP contribution in [0.1, 0.15) is 16.1 Å². The Kier molecular flexibility index (Phi) is 5.42. The van der Waals surface area contributed by atoms with Gasteiger partial charge in [-0.05, 0) is 36.4 Å². The van der Waals surface area contributed by atoms with Crippen LogP contribution in [0.3, 0.4) is 0 Å². The van der Waals surface area contributed by atoms with Crippen LogP contribution in [0.5, 0.6) is 5.75 Å². The Labute approximate surface area is 189 Å². The quantitative estimate of drug-likeness (QED) is 0.398. The maximum absolute atomic E-state index is 13.0. The zero-order valence-electron chi connectivity index (χ0n) is 17.8. The number of aromatic nitrogens is 5. The summed E-state index contributed by atoms with van der Waals surface area (Å²) in [7, 11) is 1.59. The Hall–Kier alpha value is -4.66. The third-order valence-corrected chi connectivity index (χ3v) is 5.04. The second kappa shape index (κ2) is 8.83. The smallest absolute Gasteiger partial charge is 0.259 e. The summed E-state index contributed by atoms with van der Waals surface area (Å²) < 4.78 is 9.07. The number of hydrogen-bond donors (Lipinski definition) is 2. The molecule has 4 heterocycles. The lowest BCUT2D eigenvalue weighted by molar-refractivity contribution is 0.102. The average molecular weight is 439 g/mol. The average Bonchev–Trinajstić information content (AvgIpc) is 3.45. The number of amides is 1. The monoisotopic (exact) mass is 439 g/mol. The first-order valence-corrected chi connectivity index (χ1v) is 10.3. The first kappa shape index (κ1) is 20.3. The number of pyridine rings is 2. The fourth-order valence-corrected chi connectivity index (χ4v) is 3.51. The Morgan fingerprint density at radius 3 is 2.82 bits per heavy atom. The number of imidazole rings is 1. The van der Waals surface area contributed by atoms with Crippen molar-refractivity contribution in [2.45, 2.75) is 6.54 Å². The number of carbonyl (C=O) groups excluding carboxylic acids is 1. The summed E-state index contributed by atoms with van der Waals surface area (Å²) in [6.07, 6.45) is 8.91. The molecule has 0 saturated carbocycles. The fourth-order valence-electron chi connectivity index (χ4n) is 3.51. The third-order valence-electron chi connectivity index (χ3n) is 5.04. The number of hydrogen-bond acceptors (Lipinski definition) is 6. The molecule has 0 atom stereocenters. The summed E-state index contributed by atoms with van der Waals surface area (Å²) in [6, 6.07) is 16.7. The summed E-state index contributed by atoms with van der Waals surface area (Å²) in [5, 5.41) is 10.4. The van der Waals surface area contributed by atoms with E-state index < -0.39 is 0 Å². The van der Waals surface area contributed by atoms with Crippen LogP contribution in [0, 0.1) is 0 Å². The van der Waals surface area contributed by atoms with E-state index in [1.54, 1.807) is 42.5 Å². The van der Waals surface area contributed by atoms with Crippen LogP contribution in [0.2, 0.25) is 0 Å². The van der Waals surface area contributed by atoms with Crippen LogP contribution in [-0.4, -0.2) is 37.2 Å². The molecular weight excluding hydrogens is 418 g/mol. The van der Waals surface area contributed by atoms with Crippen molar-refractivity contribution in [3.8, 4) is 5.75 Å². The van der Waals surface area contributed by atoms with Gasteiger partial charge in [-0.25, -0.2) is 9.97 Å². The SMILES string of the molecule is COc1ccccc1Nc1ncccc1C(=O)Nc1cnn(Cc2cn3ccccc3n2)c1. The molecule has 1 aromatic carbocycles. The van der Waals surface area contributed by atoms with E-state index in [1.807, 2.05) is 59.3 Å². The molecule has 5 aromatic rings. The molecule has 9 heteroatoms. The van der Waals surface area contributed by atoms with E-state index in [4.69, 9.17) is 4.74 Å². The molecule has 0 aliphatic heterocycles. The molecule has 0 bridgehead atoms. The lowest BCUT2D eigenvalue weighted by Gasteiger charge is -2.13. The Balaban J connectivity index is 1.31. The number of carbonyl (C=O) groups is 1. The number of rotatable bonds is 7. The van der Waals surface area contributed by atoms with E-state index >= 15 is 0 Å². The van der Waals surface area contributed by atoms with Gasteiger partial charge in [0.05, 0.1) is 42.5 Å². The van der Waals surface area contributed by atoms with Crippen molar-refractivity contribution in [2.75, 3.05) is 17.7 Å². The van der Waals surface area contributed by atoms with Gasteiger partial charge in [0.25, 0.3) is 5.91 Å². The van der Waals surface area contributed by atoms with Gasteiger partial charge in [-0.2, -0.15) is 5.10 Å². The normalized spacial score (nSPS) is 10.8. The Morgan fingerprint density at radius 2 is 1.94 bits per heavy atom. The standard InChI is InChI=1S/C24H21N7O2/c1-33-21-9-3-2-8-20(21)29-23-19(7-6-11-25-23)24(32)28-17-13-26-31(15-17)16-18-14-30-12-5-4-10-22(30)27-18/h2-15H,16H2,1H3,(H,25,29)(H,28,32). The number of nitrogens with zero attached hydrogens (tertiary/aromatic N) is 5. The summed E-state index contributed by atoms with van der Waals surface area (Å²) >= 11 is 0. The Bertz CT molecular complexity index is 1390. The van der Waals surface area contributed by atoms with Gasteiger partial charge < -0.3 is 19.8 Å². The number of fused-ring (bicyclic) bond motifs is 1. The van der Waals surface area contributed by atoms with Crippen LogP contribution in [0.4, 0.5) is 17.2 Å². The van der Waals surface area contributed by atoms with Crippen molar-refractivity contribution in [1.82, 2.24) is 24.1 Å². The number of anilines is 3. The minimum Gasteiger partial charge on any atom is -0.495 e. The highest BCUT2D eigenvalue weighted by Gasteiger charge is 2.15. The molecular formula is C24H21N7O2. The van der Waals surface area contributed by atoms with Crippen molar-refractivity contribution in [3.05, 3.63) is 96.8 Å². The molecule has 0 unspecified atom stereocenters. The van der Waals surface area contributed by atoms with Crippen LogP contribution in [-0.2, 0) is 6.54 Å². The molecule has 0 aliphatic carbocycles. The van der Waals surface area contributed by atoms with Gasteiger partial charge in [-0.15, -0.1) is 0 Å². The van der Waals surface area contributed by atoms with Gasteiger partial charge in [0.1, 0.15) is 17.2 Å². The lowest BCUT2D eigenvalue weighted by atomic mass is 10.2. The number of benzene rings is 1. The van der Waals surface area contributed by atoms with Crippen molar-refractivity contribution >= 4 is 28.7 Å². The predicted molar refractivity (Wildman–Crippen MR) is 125 cm³/mol. The van der Waals surface area contributed by atoms with Crippen LogP contribution >= 0.6 is 0 Å². The minimum atomic E-state index is -0.298. The van der Waals surface area contributed by atoms with Gasteiger partial charge in [0.15, 0.2) is 0 Å². The summed E-state index contributed by atoms with van der Waals surface area (Å²) in [6.45, 7) is 0.491. The van der Waals surface area contributed by atoms with E-state index in [1.165, 1.54) is 0 Å². The molecule has 0 saturated heterocycles. The van der Waals surface area contributed by atoms with Crippen LogP contribution < -0.4 is 15.4 Å². The highest BCUT2D eigenvalue weighted by atomic mass is 16.5. The minimum absolute atomic E-state index is 0.298. The number of para-hydroxylation sites is 2. The van der Waals surface area contributed by atoms with Gasteiger partial charge >= 0.3 is 0 Å². The number of methoxy groups -OCH3 is 1. The number of ether oxygens (including phenoxy) is 1. The van der Waals surface area contributed by atoms with E-state index in [2.05, 4.69) is 25.7 Å². The van der Waals surface area contributed by atoms with Gasteiger partial charge in [0, 0.05) is 24.8 Å². The Morgan fingerprint density at radius 1 is 1.06 bits per heavy atom. The van der Waals surface area contributed by atoms with Crippen LogP contribution in [0.15, 0.2) is 85.6 Å². The molecule has 4 aromatic heterocycles. The lowest BCUT2D eigenvalue weighted by Crippen LogP contribution is -2.14.